The van der Waals surface area contributed by atoms with Gasteiger partial charge in [0.1, 0.15) is 5.82 Å². The summed E-state index contributed by atoms with van der Waals surface area (Å²) in [6.45, 7) is 3.57. The molecule has 6 nitrogen and oxygen atoms in total. The Bertz CT molecular complexity index is 739. The molecule has 26 heavy (non-hydrogen) atoms. The molecule has 2 saturated heterocycles. The van der Waals surface area contributed by atoms with E-state index in [2.05, 4.69) is 0 Å². The van der Waals surface area contributed by atoms with Gasteiger partial charge in [-0.05, 0) is 50.3 Å². The Hall–Kier alpha value is -1.51. The summed E-state index contributed by atoms with van der Waals surface area (Å²) in [5.74, 6) is -0.470. The lowest BCUT2D eigenvalue weighted by Gasteiger charge is -2.38. The molecule has 1 amide bonds. The number of hydrogen-bond donors (Lipinski definition) is 0. The number of amides is 1. The van der Waals surface area contributed by atoms with Gasteiger partial charge < -0.3 is 4.90 Å². The third kappa shape index (κ3) is 4.24. The summed E-state index contributed by atoms with van der Waals surface area (Å²) in [5, 5.41) is 0. The molecule has 1 atom stereocenters. The zero-order valence-corrected chi connectivity index (χ0v) is 15.9. The maximum atomic E-state index is 13.0. The third-order valence-corrected chi connectivity index (χ3v) is 7.10. The van der Waals surface area contributed by atoms with E-state index in [1.807, 2.05) is 6.92 Å². The molecular formula is C18H26FN3O3S. The maximum Gasteiger partial charge on any atom is 0.282 e. The Morgan fingerprint density at radius 2 is 1.77 bits per heavy atom. The normalized spacial score (nSPS) is 24.5. The minimum absolute atomic E-state index is 0.105. The Morgan fingerprint density at radius 1 is 1.08 bits per heavy atom. The summed E-state index contributed by atoms with van der Waals surface area (Å²) in [6, 6.07) is 5.99. The van der Waals surface area contributed by atoms with Crippen LogP contribution in [0.1, 0.15) is 38.2 Å². The van der Waals surface area contributed by atoms with Crippen molar-refractivity contribution in [2.75, 3.05) is 26.2 Å². The standard InChI is InChI=1S/C18H26FN3O3S/c1-15-5-2-3-12-22(15)18(23)14-21-11-4-10-20(26(21,24)25)13-16-6-8-17(19)9-7-16/h6-9,15H,2-5,10-14H2,1H3. The topological polar surface area (TPSA) is 60.9 Å². The molecule has 8 heteroatoms. The van der Waals surface area contributed by atoms with Gasteiger partial charge in [0.05, 0.1) is 6.54 Å². The Morgan fingerprint density at radius 3 is 2.46 bits per heavy atom. The molecule has 1 aromatic rings. The van der Waals surface area contributed by atoms with Gasteiger partial charge in [-0.1, -0.05) is 12.1 Å². The summed E-state index contributed by atoms with van der Waals surface area (Å²) in [5.41, 5.74) is 0.729. The first-order valence-electron chi connectivity index (χ1n) is 9.17. The molecule has 144 valence electrons. The molecule has 0 N–H and O–H groups in total. The average molecular weight is 383 g/mol. The summed E-state index contributed by atoms with van der Waals surface area (Å²) >= 11 is 0. The molecule has 1 unspecified atom stereocenters. The van der Waals surface area contributed by atoms with Crippen LogP contribution in [0.2, 0.25) is 0 Å². The summed E-state index contributed by atoms with van der Waals surface area (Å²) in [7, 11) is -3.70. The first kappa shape index (κ1) is 19.3. The van der Waals surface area contributed by atoms with Crippen molar-refractivity contribution in [2.24, 2.45) is 0 Å². The van der Waals surface area contributed by atoms with Gasteiger partial charge >= 0.3 is 0 Å². The molecule has 2 heterocycles. The molecule has 3 rings (SSSR count). The second-order valence-corrected chi connectivity index (χ2v) is 9.02. The van der Waals surface area contributed by atoms with Crippen LogP contribution in [0.5, 0.6) is 0 Å². The molecule has 0 radical (unpaired) electrons. The molecule has 2 aliphatic rings. The van der Waals surface area contributed by atoms with E-state index in [1.165, 1.54) is 20.7 Å². The van der Waals surface area contributed by atoms with Crippen molar-refractivity contribution < 1.29 is 17.6 Å². The van der Waals surface area contributed by atoms with Crippen LogP contribution >= 0.6 is 0 Å². The minimum Gasteiger partial charge on any atom is -0.339 e. The van der Waals surface area contributed by atoms with Gasteiger partial charge in [0.25, 0.3) is 10.2 Å². The fourth-order valence-electron chi connectivity index (χ4n) is 3.64. The second-order valence-electron chi connectivity index (χ2n) is 7.09. The number of likely N-dealkylation sites (tertiary alicyclic amines) is 1. The van der Waals surface area contributed by atoms with Gasteiger partial charge in [-0.2, -0.15) is 17.0 Å². The molecule has 0 aliphatic carbocycles. The van der Waals surface area contributed by atoms with Crippen molar-refractivity contribution in [1.82, 2.24) is 13.5 Å². The van der Waals surface area contributed by atoms with Crippen LogP contribution in [0.25, 0.3) is 0 Å². The number of benzene rings is 1. The van der Waals surface area contributed by atoms with E-state index in [9.17, 15) is 17.6 Å². The number of halogens is 1. The van der Waals surface area contributed by atoms with Crippen molar-refractivity contribution in [2.45, 2.75) is 45.2 Å². The largest absolute Gasteiger partial charge is 0.339 e. The van der Waals surface area contributed by atoms with E-state index >= 15 is 0 Å². The van der Waals surface area contributed by atoms with Gasteiger partial charge in [-0.3, -0.25) is 4.79 Å². The monoisotopic (exact) mass is 383 g/mol. The van der Waals surface area contributed by atoms with E-state index in [4.69, 9.17) is 0 Å². The van der Waals surface area contributed by atoms with Gasteiger partial charge in [0.15, 0.2) is 0 Å². The number of piperidine rings is 1. The molecule has 0 bridgehead atoms. The Labute approximate surface area is 154 Å². The molecule has 0 aromatic heterocycles. The number of nitrogens with zero attached hydrogens (tertiary/aromatic N) is 3. The van der Waals surface area contributed by atoms with Gasteiger partial charge in [0.2, 0.25) is 5.91 Å². The number of rotatable bonds is 4. The van der Waals surface area contributed by atoms with Crippen LogP contribution in [0, 0.1) is 5.82 Å². The van der Waals surface area contributed by atoms with Crippen molar-refractivity contribution >= 4 is 16.1 Å². The van der Waals surface area contributed by atoms with E-state index in [0.717, 1.165) is 24.8 Å². The first-order chi connectivity index (χ1) is 12.4. The van der Waals surface area contributed by atoms with E-state index < -0.39 is 10.2 Å². The second kappa shape index (κ2) is 8.02. The highest BCUT2D eigenvalue weighted by Crippen LogP contribution is 2.21. The fourth-order valence-corrected chi connectivity index (χ4v) is 5.27. The van der Waals surface area contributed by atoms with Gasteiger partial charge in [-0.15, -0.1) is 0 Å². The predicted octanol–water partition coefficient (Wildman–Crippen LogP) is 1.98. The zero-order valence-electron chi connectivity index (χ0n) is 15.1. The van der Waals surface area contributed by atoms with Crippen molar-refractivity contribution in [1.29, 1.82) is 0 Å². The van der Waals surface area contributed by atoms with E-state index in [1.54, 1.807) is 17.0 Å². The van der Waals surface area contributed by atoms with Gasteiger partial charge in [0, 0.05) is 32.2 Å². The molecular weight excluding hydrogens is 357 g/mol. The third-order valence-electron chi connectivity index (χ3n) is 5.17. The van der Waals surface area contributed by atoms with E-state index in [0.29, 0.717) is 26.1 Å². The van der Waals surface area contributed by atoms with Crippen LogP contribution < -0.4 is 0 Å². The van der Waals surface area contributed by atoms with Crippen LogP contribution in [-0.2, 0) is 21.5 Å². The van der Waals surface area contributed by atoms with Gasteiger partial charge in [-0.25, -0.2) is 4.39 Å². The molecule has 1 aromatic carbocycles. The predicted molar refractivity (Wildman–Crippen MR) is 96.9 cm³/mol. The number of carbonyl (C=O) groups is 1. The first-order valence-corrected chi connectivity index (χ1v) is 10.6. The molecule has 2 fully saturated rings. The lowest BCUT2D eigenvalue weighted by Crippen LogP contribution is -2.54. The smallest absolute Gasteiger partial charge is 0.282 e. The highest BCUT2D eigenvalue weighted by Gasteiger charge is 2.36. The summed E-state index contributed by atoms with van der Waals surface area (Å²) in [6.07, 6.45) is 3.72. The Kier molecular flexibility index (Phi) is 5.94. The summed E-state index contributed by atoms with van der Waals surface area (Å²) < 4.78 is 41.5. The van der Waals surface area contributed by atoms with Crippen LogP contribution in [-0.4, -0.2) is 60.1 Å². The minimum atomic E-state index is -3.70. The van der Waals surface area contributed by atoms with Crippen molar-refractivity contribution in [3.63, 3.8) is 0 Å². The number of carbonyl (C=O) groups excluding carboxylic acids is 1. The number of hydrogen-bond acceptors (Lipinski definition) is 3. The van der Waals surface area contributed by atoms with Crippen molar-refractivity contribution in [3.8, 4) is 0 Å². The quantitative estimate of drug-likeness (QED) is 0.799. The summed E-state index contributed by atoms with van der Waals surface area (Å²) in [4.78, 5) is 14.4. The van der Waals surface area contributed by atoms with Crippen LogP contribution in [0.4, 0.5) is 4.39 Å². The SMILES string of the molecule is CC1CCCCN1C(=O)CN1CCCN(Cc2ccc(F)cc2)S1(=O)=O. The fraction of sp³-hybridized carbons (Fsp3) is 0.611. The lowest BCUT2D eigenvalue weighted by molar-refractivity contribution is -0.134. The average Bonchev–Trinajstić information content (AvgIpc) is 2.60. The highest BCUT2D eigenvalue weighted by atomic mass is 32.2. The highest BCUT2D eigenvalue weighted by molar-refractivity contribution is 7.86. The van der Waals surface area contributed by atoms with Crippen LogP contribution in [0.15, 0.2) is 24.3 Å². The zero-order chi connectivity index (χ0) is 18.7. The molecule has 0 spiro atoms. The van der Waals surface area contributed by atoms with E-state index in [-0.39, 0.29) is 30.9 Å². The van der Waals surface area contributed by atoms with Crippen molar-refractivity contribution in [3.05, 3.63) is 35.6 Å². The maximum absolute atomic E-state index is 13.0. The van der Waals surface area contributed by atoms with Crippen LogP contribution in [0.3, 0.4) is 0 Å². The lowest BCUT2D eigenvalue weighted by atomic mass is 10.0. The molecule has 2 aliphatic heterocycles. The Balaban J connectivity index is 1.68. The molecule has 0 saturated carbocycles.